The molecule has 0 spiro atoms. The van der Waals surface area contributed by atoms with Gasteiger partial charge in [-0.15, -0.1) is 0 Å². The minimum absolute atomic E-state index is 0.143. The van der Waals surface area contributed by atoms with Crippen molar-refractivity contribution >= 4 is 11.6 Å². The van der Waals surface area contributed by atoms with Gasteiger partial charge in [0.25, 0.3) is 0 Å². The summed E-state index contributed by atoms with van der Waals surface area (Å²) >= 11 is 0. The average molecular weight is 242 g/mol. The molecule has 1 saturated carbocycles. The van der Waals surface area contributed by atoms with Crippen LogP contribution in [0.4, 0.5) is 5.69 Å². The summed E-state index contributed by atoms with van der Waals surface area (Å²) in [6.07, 6.45) is 4.24. The minimum Gasteiger partial charge on any atom is -0.325 e. The maximum absolute atomic E-state index is 12.2. The van der Waals surface area contributed by atoms with Gasteiger partial charge < -0.3 is 5.32 Å². The smallest absolute Gasteiger partial charge is 0.244 e. The molecule has 0 radical (unpaired) electrons. The lowest BCUT2D eigenvalue weighted by Gasteiger charge is -2.19. The summed E-state index contributed by atoms with van der Waals surface area (Å²) in [4.78, 5) is 12.2. The van der Waals surface area contributed by atoms with Crippen molar-refractivity contribution in [2.75, 3.05) is 5.32 Å². The number of aryl methyl sites for hydroxylation is 1. The average Bonchev–Trinajstić information content (AvgIpc) is 2.89. The molecule has 0 bridgehead atoms. The molecule has 1 aromatic carbocycles. The van der Waals surface area contributed by atoms with Crippen LogP contribution in [0.3, 0.4) is 0 Å². The molecule has 3 nitrogen and oxygen atoms in total. The normalized spacial score (nSPS) is 17.1. The molecule has 0 unspecified atom stereocenters. The Morgan fingerprint density at radius 2 is 2.17 bits per heavy atom. The van der Waals surface area contributed by atoms with Gasteiger partial charge in [0.1, 0.15) is 5.41 Å². The second-order valence-electron chi connectivity index (χ2n) is 4.91. The first kappa shape index (κ1) is 12.6. The first-order valence-electron chi connectivity index (χ1n) is 6.52. The summed E-state index contributed by atoms with van der Waals surface area (Å²) in [6.45, 7) is 2.08. The molecule has 1 fully saturated rings. The Bertz CT molecular complexity index is 482. The second-order valence-corrected chi connectivity index (χ2v) is 4.91. The number of nitrogens with one attached hydrogen (secondary N) is 1. The highest BCUT2D eigenvalue weighted by Gasteiger charge is 2.41. The van der Waals surface area contributed by atoms with E-state index in [1.165, 1.54) is 5.56 Å². The molecule has 3 heteroatoms. The molecule has 0 aromatic heterocycles. The van der Waals surface area contributed by atoms with Crippen molar-refractivity contribution in [3.63, 3.8) is 0 Å². The third-order valence-corrected chi connectivity index (χ3v) is 3.70. The molecule has 1 aliphatic rings. The van der Waals surface area contributed by atoms with Gasteiger partial charge in [-0.3, -0.25) is 4.79 Å². The minimum atomic E-state index is -0.803. The molecule has 0 atom stereocenters. The Morgan fingerprint density at radius 3 is 2.78 bits per heavy atom. The van der Waals surface area contributed by atoms with E-state index in [1.807, 2.05) is 24.3 Å². The standard InChI is InChI=1S/C15H18N2O/c1-2-12-6-5-7-13(10-12)17-14(18)15(11-16)8-3-4-9-15/h5-7,10H,2-4,8-9H2,1H3,(H,17,18). The number of hydrogen-bond donors (Lipinski definition) is 1. The topological polar surface area (TPSA) is 52.9 Å². The van der Waals surface area contributed by atoms with Gasteiger partial charge in [0.15, 0.2) is 0 Å². The van der Waals surface area contributed by atoms with E-state index in [0.717, 1.165) is 24.9 Å². The van der Waals surface area contributed by atoms with Crippen LogP contribution in [-0.2, 0) is 11.2 Å². The quantitative estimate of drug-likeness (QED) is 0.884. The highest BCUT2D eigenvalue weighted by molar-refractivity contribution is 5.97. The molecule has 1 aliphatic carbocycles. The number of hydrogen-bond acceptors (Lipinski definition) is 2. The van der Waals surface area contributed by atoms with Crippen LogP contribution in [0.5, 0.6) is 0 Å². The number of rotatable bonds is 3. The summed E-state index contributed by atoms with van der Waals surface area (Å²) in [6, 6.07) is 10.0. The SMILES string of the molecule is CCc1cccc(NC(=O)C2(C#N)CCCC2)c1. The van der Waals surface area contributed by atoms with Gasteiger partial charge in [-0.25, -0.2) is 0 Å². The molecular weight excluding hydrogens is 224 g/mol. The molecule has 0 heterocycles. The van der Waals surface area contributed by atoms with Crippen LogP contribution < -0.4 is 5.32 Å². The maximum atomic E-state index is 12.2. The molecule has 1 aromatic rings. The van der Waals surface area contributed by atoms with Gasteiger partial charge in [0, 0.05) is 5.69 Å². The van der Waals surface area contributed by atoms with E-state index in [2.05, 4.69) is 18.3 Å². The monoisotopic (exact) mass is 242 g/mol. The predicted octanol–water partition coefficient (Wildman–Crippen LogP) is 3.27. The summed E-state index contributed by atoms with van der Waals surface area (Å²) in [5.41, 5.74) is 1.17. The van der Waals surface area contributed by atoms with E-state index in [-0.39, 0.29) is 5.91 Å². The van der Waals surface area contributed by atoms with Crippen LogP contribution >= 0.6 is 0 Å². The zero-order chi connectivity index (χ0) is 13.0. The lowest BCUT2D eigenvalue weighted by Crippen LogP contribution is -2.32. The Kier molecular flexibility index (Phi) is 3.66. The Balaban J connectivity index is 2.13. The molecule has 18 heavy (non-hydrogen) atoms. The van der Waals surface area contributed by atoms with Crippen molar-refractivity contribution in [3.05, 3.63) is 29.8 Å². The number of nitriles is 1. The third kappa shape index (κ3) is 2.38. The van der Waals surface area contributed by atoms with Crippen molar-refractivity contribution in [3.8, 4) is 6.07 Å². The van der Waals surface area contributed by atoms with Crippen molar-refractivity contribution in [1.82, 2.24) is 0 Å². The fourth-order valence-electron chi connectivity index (χ4n) is 2.49. The number of benzene rings is 1. The number of carbonyl (C=O) groups is 1. The lowest BCUT2D eigenvalue weighted by molar-refractivity contribution is -0.122. The largest absolute Gasteiger partial charge is 0.325 e. The van der Waals surface area contributed by atoms with E-state index in [1.54, 1.807) is 0 Å². The van der Waals surface area contributed by atoms with Crippen molar-refractivity contribution in [2.45, 2.75) is 39.0 Å². The van der Waals surface area contributed by atoms with Crippen molar-refractivity contribution in [1.29, 1.82) is 5.26 Å². The molecule has 1 amide bonds. The van der Waals surface area contributed by atoms with Crippen molar-refractivity contribution < 1.29 is 4.79 Å². The van der Waals surface area contributed by atoms with Gasteiger partial charge in [0.05, 0.1) is 6.07 Å². The Hall–Kier alpha value is -1.82. The van der Waals surface area contributed by atoms with Crippen LogP contribution in [0, 0.1) is 16.7 Å². The van der Waals surface area contributed by atoms with Crippen LogP contribution in [0.2, 0.25) is 0 Å². The first-order chi connectivity index (χ1) is 8.70. The van der Waals surface area contributed by atoms with Crippen LogP contribution in [-0.4, -0.2) is 5.91 Å². The fraction of sp³-hybridized carbons (Fsp3) is 0.467. The van der Waals surface area contributed by atoms with Gasteiger partial charge in [0.2, 0.25) is 5.91 Å². The zero-order valence-electron chi connectivity index (χ0n) is 10.7. The highest BCUT2D eigenvalue weighted by Crippen LogP contribution is 2.38. The van der Waals surface area contributed by atoms with E-state index in [4.69, 9.17) is 0 Å². The number of anilines is 1. The number of nitrogens with zero attached hydrogens (tertiary/aromatic N) is 1. The zero-order valence-corrected chi connectivity index (χ0v) is 10.7. The molecule has 0 aliphatic heterocycles. The second kappa shape index (κ2) is 5.22. The number of carbonyl (C=O) groups excluding carboxylic acids is 1. The lowest BCUT2D eigenvalue weighted by atomic mass is 9.87. The summed E-state index contributed by atoms with van der Waals surface area (Å²) < 4.78 is 0. The predicted molar refractivity (Wildman–Crippen MR) is 71.0 cm³/mol. The number of amides is 1. The van der Waals surface area contributed by atoms with E-state index in [0.29, 0.717) is 12.8 Å². The fourth-order valence-corrected chi connectivity index (χ4v) is 2.49. The van der Waals surface area contributed by atoms with Crippen LogP contribution in [0.1, 0.15) is 38.2 Å². The van der Waals surface area contributed by atoms with Crippen LogP contribution in [0.15, 0.2) is 24.3 Å². The van der Waals surface area contributed by atoms with Crippen LogP contribution in [0.25, 0.3) is 0 Å². The van der Waals surface area contributed by atoms with Gasteiger partial charge in [-0.2, -0.15) is 5.26 Å². The van der Waals surface area contributed by atoms with Gasteiger partial charge in [-0.1, -0.05) is 31.9 Å². The first-order valence-corrected chi connectivity index (χ1v) is 6.52. The summed E-state index contributed by atoms with van der Waals surface area (Å²) in [5.74, 6) is -0.143. The van der Waals surface area contributed by atoms with E-state index >= 15 is 0 Å². The summed E-state index contributed by atoms with van der Waals surface area (Å²) in [7, 11) is 0. The molecular formula is C15H18N2O. The molecule has 2 rings (SSSR count). The Morgan fingerprint density at radius 1 is 1.44 bits per heavy atom. The maximum Gasteiger partial charge on any atom is 0.244 e. The third-order valence-electron chi connectivity index (χ3n) is 3.70. The van der Waals surface area contributed by atoms with Crippen molar-refractivity contribution in [2.24, 2.45) is 5.41 Å². The summed E-state index contributed by atoms with van der Waals surface area (Å²) in [5, 5.41) is 12.1. The molecule has 0 saturated heterocycles. The highest BCUT2D eigenvalue weighted by atomic mass is 16.2. The van der Waals surface area contributed by atoms with E-state index in [9.17, 15) is 10.1 Å². The van der Waals surface area contributed by atoms with Gasteiger partial charge >= 0.3 is 0 Å². The molecule has 1 N–H and O–H groups in total. The Labute approximate surface area is 108 Å². The van der Waals surface area contributed by atoms with E-state index < -0.39 is 5.41 Å². The van der Waals surface area contributed by atoms with Gasteiger partial charge in [-0.05, 0) is 37.0 Å². The molecule has 94 valence electrons.